The minimum Gasteiger partial charge on any atom is -0.497 e. The van der Waals surface area contributed by atoms with Gasteiger partial charge >= 0.3 is 0 Å². The summed E-state index contributed by atoms with van der Waals surface area (Å²) in [5, 5.41) is 2.32. The number of nitrogens with one attached hydrogen (secondary N) is 2. The first-order valence-electron chi connectivity index (χ1n) is 10.2. The van der Waals surface area contributed by atoms with Gasteiger partial charge in [0.1, 0.15) is 5.75 Å². The molecule has 1 atom stereocenters. The quantitative estimate of drug-likeness (QED) is 0.834. The normalized spacial score (nSPS) is 28.0. The predicted octanol–water partition coefficient (Wildman–Crippen LogP) is 2.00. The Labute approximate surface area is 171 Å². The van der Waals surface area contributed by atoms with Gasteiger partial charge in [-0.3, -0.25) is 0 Å². The molecule has 152 valence electrons. The number of benzene rings is 2. The van der Waals surface area contributed by atoms with Crippen LogP contribution >= 0.6 is 0 Å². The highest BCUT2D eigenvalue weighted by Crippen LogP contribution is 2.50. The molecular formula is C23H28N3O3+. The summed E-state index contributed by atoms with van der Waals surface area (Å²) in [7, 11) is 5.66. The van der Waals surface area contributed by atoms with E-state index in [0.717, 1.165) is 60.0 Å². The fraction of sp³-hybridized carbons (Fsp3) is 0.391. The maximum absolute atomic E-state index is 6.74. The summed E-state index contributed by atoms with van der Waals surface area (Å²) in [4.78, 5) is 1.54. The third-order valence-corrected chi connectivity index (χ3v) is 6.39. The number of para-hydroxylation sites is 1. The molecular weight excluding hydrogens is 366 g/mol. The lowest BCUT2D eigenvalue weighted by molar-refractivity contribution is -0.888. The van der Waals surface area contributed by atoms with Crippen molar-refractivity contribution in [2.75, 3.05) is 34.4 Å². The highest BCUT2D eigenvalue weighted by molar-refractivity contribution is 5.69. The summed E-state index contributed by atoms with van der Waals surface area (Å²) in [6.45, 7) is 2.15. The topological polar surface area (TPSA) is 47.4 Å². The van der Waals surface area contributed by atoms with E-state index in [4.69, 9.17) is 14.2 Å². The van der Waals surface area contributed by atoms with Crippen LogP contribution in [0.5, 0.6) is 17.2 Å². The second kappa shape index (κ2) is 6.97. The molecule has 0 bridgehead atoms. The van der Waals surface area contributed by atoms with Crippen molar-refractivity contribution >= 4 is 5.70 Å². The molecule has 0 aliphatic carbocycles. The number of nitrogens with zero attached hydrogens (tertiary/aromatic N) is 1. The van der Waals surface area contributed by atoms with Crippen molar-refractivity contribution in [1.82, 2.24) is 10.4 Å². The Morgan fingerprint density at radius 2 is 1.90 bits per heavy atom. The molecule has 3 heterocycles. The molecule has 1 spiro atoms. The molecule has 3 aliphatic heterocycles. The lowest BCUT2D eigenvalue weighted by atomic mass is 9.92. The Hall–Kier alpha value is -2.70. The minimum atomic E-state index is -0.386. The number of likely N-dealkylation sites (tertiary alicyclic amines) is 1. The third-order valence-electron chi connectivity index (χ3n) is 6.39. The van der Waals surface area contributed by atoms with Crippen molar-refractivity contribution < 1.29 is 19.1 Å². The van der Waals surface area contributed by atoms with Gasteiger partial charge in [-0.05, 0) is 24.3 Å². The number of hydrogen-bond acceptors (Lipinski definition) is 5. The first-order valence-corrected chi connectivity index (χ1v) is 10.2. The largest absolute Gasteiger partial charge is 0.497 e. The molecule has 0 unspecified atom stereocenters. The van der Waals surface area contributed by atoms with Gasteiger partial charge in [-0.25, -0.2) is 0 Å². The van der Waals surface area contributed by atoms with Crippen molar-refractivity contribution in [1.29, 1.82) is 0 Å². The Balaban J connectivity index is 1.59. The number of fused-ring (bicyclic) bond motifs is 4. The van der Waals surface area contributed by atoms with E-state index in [1.54, 1.807) is 19.1 Å². The molecule has 2 aromatic carbocycles. The van der Waals surface area contributed by atoms with Crippen LogP contribution in [0.4, 0.5) is 0 Å². The predicted molar refractivity (Wildman–Crippen MR) is 111 cm³/mol. The number of methoxy groups -OCH3 is 2. The van der Waals surface area contributed by atoms with Crippen LogP contribution in [0.15, 0.2) is 48.5 Å². The molecule has 1 saturated heterocycles. The molecule has 29 heavy (non-hydrogen) atoms. The molecule has 6 heteroatoms. The zero-order valence-electron chi connectivity index (χ0n) is 17.2. The van der Waals surface area contributed by atoms with Gasteiger partial charge in [0.15, 0.2) is 17.2 Å². The number of quaternary nitrogens is 1. The van der Waals surface area contributed by atoms with Gasteiger partial charge in [-0.1, -0.05) is 24.3 Å². The first kappa shape index (κ1) is 18.3. The van der Waals surface area contributed by atoms with Crippen molar-refractivity contribution in [3.63, 3.8) is 0 Å². The van der Waals surface area contributed by atoms with E-state index in [9.17, 15) is 0 Å². The second-order valence-corrected chi connectivity index (χ2v) is 8.12. The average Bonchev–Trinajstić information content (AvgIpc) is 3.22. The van der Waals surface area contributed by atoms with Gasteiger partial charge in [0.2, 0.25) is 0 Å². The smallest absolute Gasteiger partial charge is 0.191 e. The fourth-order valence-electron chi connectivity index (χ4n) is 4.69. The highest BCUT2D eigenvalue weighted by Gasteiger charge is 2.53. The molecule has 0 radical (unpaired) electrons. The summed E-state index contributed by atoms with van der Waals surface area (Å²) >= 11 is 0. The van der Waals surface area contributed by atoms with Gasteiger partial charge in [0, 0.05) is 11.1 Å². The van der Waals surface area contributed by atoms with Crippen LogP contribution in [-0.2, 0) is 0 Å². The Morgan fingerprint density at radius 3 is 2.66 bits per heavy atom. The number of hydrogen-bond donors (Lipinski definition) is 2. The maximum atomic E-state index is 6.74. The van der Waals surface area contributed by atoms with Crippen molar-refractivity contribution in [2.45, 2.75) is 24.6 Å². The number of hydrazine groups is 1. The SMILES string of the molecule is COc1cccc(C2=C[C@@H]3c4cccc(OC)c4OC4(CC[NH+](C)CC4)N3N2)c1. The summed E-state index contributed by atoms with van der Waals surface area (Å²) in [5.41, 5.74) is 6.61. The second-order valence-electron chi connectivity index (χ2n) is 8.12. The molecule has 5 rings (SSSR count). The third kappa shape index (κ3) is 2.94. The number of piperidine rings is 1. The van der Waals surface area contributed by atoms with E-state index in [0.29, 0.717) is 0 Å². The summed E-state index contributed by atoms with van der Waals surface area (Å²) in [6, 6.07) is 14.4. The lowest BCUT2D eigenvalue weighted by Crippen LogP contribution is -3.11. The Morgan fingerprint density at radius 1 is 1.10 bits per heavy atom. The van der Waals surface area contributed by atoms with E-state index in [1.165, 1.54) is 0 Å². The van der Waals surface area contributed by atoms with Crippen LogP contribution in [0.1, 0.15) is 30.0 Å². The molecule has 0 saturated carbocycles. The van der Waals surface area contributed by atoms with E-state index >= 15 is 0 Å². The molecule has 6 nitrogen and oxygen atoms in total. The van der Waals surface area contributed by atoms with E-state index in [2.05, 4.69) is 41.8 Å². The molecule has 2 N–H and O–H groups in total. The maximum Gasteiger partial charge on any atom is 0.191 e. The van der Waals surface area contributed by atoms with E-state index < -0.39 is 0 Å². The number of ether oxygens (including phenoxy) is 3. The summed E-state index contributed by atoms with van der Waals surface area (Å²) < 4.78 is 17.8. The zero-order valence-corrected chi connectivity index (χ0v) is 17.2. The van der Waals surface area contributed by atoms with Crippen molar-refractivity contribution in [3.05, 3.63) is 59.7 Å². The van der Waals surface area contributed by atoms with Crippen LogP contribution in [-0.4, -0.2) is 45.1 Å². The standard InChI is InChI=1S/C23H27N3O3/c1-25-12-10-23(11-13-25)26-20(18-8-5-9-21(28-3)22(18)29-23)15-19(24-26)16-6-4-7-17(14-16)27-2/h4-9,14-15,20,24H,10-13H2,1-3H3/p+1/t20-/m1/s1. The van der Waals surface area contributed by atoms with Crippen LogP contribution in [0.2, 0.25) is 0 Å². The van der Waals surface area contributed by atoms with Crippen LogP contribution < -0.4 is 24.5 Å². The molecule has 1 fully saturated rings. The minimum absolute atomic E-state index is 0.0912. The van der Waals surface area contributed by atoms with Gasteiger partial charge < -0.3 is 24.5 Å². The Bertz CT molecular complexity index is 950. The molecule has 0 aromatic heterocycles. The summed E-state index contributed by atoms with van der Waals surface area (Å²) in [6.07, 6.45) is 4.21. The van der Waals surface area contributed by atoms with Crippen molar-refractivity contribution in [3.8, 4) is 17.2 Å². The first-order chi connectivity index (χ1) is 14.1. The zero-order chi connectivity index (χ0) is 20.0. The average molecular weight is 394 g/mol. The van der Waals surface area contributed by atoms with E-state index in [1.807, 2.05) is 24.3 Å². The molecule has 2 aromatic rings. The summed E-state index contributed by atoms with van der Waals surface area (Å²) in [5.74, 6) is 2.53. The van der Waals surface area contributed by atoms with Gasteiger partial charge in [-0.15, -0.1) is 0 Å². The molecule has 3 aliphatic rings. The number of rotatable bonds is 3. The van der Waals surface area contributed by atoms with Crippen LogP contribution in [0.3, 0.4) is 0 Å². The van der Waals surface area contributed by atoms with Crippen LogP contribution in [0, 0.1) is 0 Å². The van der Waals surface area contributed by atoms with Gasteiger partial charge in [-0.2, -0.15) is 5.01 Å². The van der Waals surface area contributed by atoms with Gasteiger partial charge in [0.05, 0.1) is 58.9 Å². The van der Waals surface area contributed by atoms with Gasteiger partial charge in [0.25, 0.3) is 0 Å². The fourth-order valence-corrected chi connectivity index (χ4v) is 4.69. The van der Waals surface area contributed by atoms with E-state index in [-0.39, 0.29) is 11.8 Å². The monoisotopic (exact) mass is 394 g/mol. The van der Waals surface area contributed by atoms with Crippen LogP contribution in [0.25, 0.3) is 5.70 Å². The Kier molecular flexibility index (Phi) is 4.41. The van der Waals surface area contributed by atoms with Crippen molar-refractivity contribution in [2.24, 2.45) is 0 Å². The highest BCUT2D eigenvalue weighted by atomic mass is 16.5. The molecule has 0 amide bonds. The lowest BCUT2D eigenvalue weighted by Gasteiger charge is -2.50.